The van der Waals surface area contributed by atoms with E-state index in [2.05, 4.69) is 31.9 Å². The predicted octanol–water partition coefficient (Wildman–Crippen LogP) is 6.70. The monoisotopic (exact) mass is 488 g/mol. The molecule has 27 heavy (non-hydrogen) atoms. The number of carbonyl (C=O) groups is 1. The predicted molar refractivity (Wildman–Crippen MR) is 112 cm³/mol. The van der Waals surface area contributed by atoms with Gasteiger partial charge in [0, 0.05) is 25.8 Å². The largest absolute Gasteiger partial charge is 0.463 e. The lowest BCUT2D eigenvalue weighted by Crippen LogP contribution is -2.01. The van der Waals surface area contributed by atoms with Gasteiger partial charge in [0.25, 0.3) is 0 Å². The highest BCUT2D eigenvalue weighted by molar-refractivity contribution is 9.10. The molecular formula is C21H14Br2O4. The summed E-state index contributed by atoms with van der Waals surface area (Å²) in [6.07, 6.45) is 1.41. The van der Waals surface area contributed by atoms with E-state index in [0.29, 0.717) is 23.7 Å². The molecule has 0 unspecified atom stereocenters. The molecule has 0 aliphatic carbocycles. The fraction of sp³-hybridized carbons (Fsp3) is 0.0952. The van der Waals surface area contributed by atoms with Crippen LogP contribution in [0, 0.1) is 0 Å². The number of hydrogen-bond donors (Lipinski definition) is 0. The van der Waals surface area contributed by atoms with Crippen LogP contribution in [-0.4, -0.2) is 12.6 Å². The van der Waals surface area contributed by atoms with Gasteiger partial charge in [0.15, 0.2) is 0 Å². The Morgan fingerprint density at radius 3 is 1.93 bits per heavy atom. The Kier molecular flexibility index (Phi) is 4.93. The first-order valence-electron chi connectivity index (χ1n) is 8.31. The van der Waals surface area contributed by atoms with Gasteiger partial charge in [-0.05, 0) is 55.5 Å². The van der Waals surface area contributed by atoms with Gasteiger partial charge >= 0.3 is 5.97 Å². The highest BCUT2D eigenvalue weighted by Gasteiger charge is 2.18. The summed E-state index contributed by atoms with van der Waals surface area (Å²) in [5, 5.41) is 1.85. The highest BCUT2D eigenvalue weighted by Crippen LogP contribution is 2.34. The fourth-order valence-corrected chi connectivity index (χ4v) is 3.62. The quantitative estimate of drug-likeness (QED) is 0.236. The summed E-state index contributed by atoms with van der Waals surface area (Å²) in [7, 11) is 0. The maximum atomic E-state index is 12.1. The molecule has 136 valence electrons. The third-order valence-corrected chi connectivity index (χ3v) is 5.02. The van der Waals surface area contributed by atoms with E-state index in [1.807, 2.05) is 48.5 Å². The second kappa shape index (κ2) is 7.37. The van der Waals surface area contributed by atoms with Gasteiger partial charge in [0.2, 0.25) is 0 Å². The normalized spacial score (nSPS) is 11.1. The molecule has 0 fully saturated rings. The summed E-state index contributed by atoms with van der Waals surface area (Å²) < 4.78 is 18.9. The molecule has 4 aromatic rings. The van der Waals surface area contributed by atoms with E-state index in [1.165, 1.54) is 6.08 Å². The average Bonchev–Trinajstić information content (AvgIpc) is 3.22. The molecule has 0 spiro atoms. The highest BCUT2D eigenvalue weighted by atomic mass is 79.9. The van der Waals surface area contributed by atoms with Crippen LogP contribution in [0.3, 0.4) is 0 Å². The lowest BCUT2D eigenvalue weighted by Gasteiger charge is -2.01. The van der Waals surface area contributed by atoms with Crippen LogP contribution in [0.1, 0.15) is 18.4 Å². The number of hydrogen-bond acceptors (Lipinski definition) is 4. The summed E-state index contributed by atoms with van der Waals surface area (Å²) in [5.74, 6) is 0.624. The van der Waals surface area contributed by atoms with Crippen molar-refractivity contribution in [1.29, 1.82) is 0 Å². The van der Waals surface area contributed by atoms with Gasteiger partial charge in [-0.3, -0.25) is 0 Å². The van der Waals surface area contributed by atoms with E-state index >= 15 is 0 Å². The Morgan fingerprint density at radius 2 is 1.44 bits per heavy atom. The van der Waals surface area contributed by atoms with Gasteiger partial charge in [0.05, 0.1) is 12.2 Å². The summed E-state index contributed by atoms with van der Waals surface area (Å²) in [6, 6.07) is 15.2. The third kappa shape index (κ3) is 3.73. The summed E-state index contributed by atoms with van der Waals surface area (Å²) in [5.41, 5.74) is 1.98. The third-order valence-electron chi connectivity index (χ3n) is 4.04. The van der Waals surface area contributed by atoms with Crippen molar-refractivity contribution >= 4 is 65.3 Å². The number of rotatable bonds is 4. The molecule has 2 heterocycles. The van der Waals surface area contributed by atoms with Crippen molar-refractivity contribution in [3.8, 4) is 0 Å². The maximum Gasteiger partial charge on any atom is 0.331 e. The number of halogens is 2. The van der Waals surface area contributed by atoms with Gasteiger partial charge in [-0.15, -0.1) is 0 Å². The molecule has 0 atom stereocenters. The van der Waals surface area contributed by atoms with Crippen LogP contribution in [-0.2, 0) is 9.53 Å². The van der Waals surface area contributed by atoms with Crippen molar-refractivity contribution in [2.75, 3.05) is 6.61 Å². The van der Waals surface area contributed by atoms with E-state index in [-0.39, 0.29) is 0 Å². The molecule has 0 saturated heterocycles. The topological polar surface area (TPSA) is 52.6 Å². The number of furan rings is 2. The molecule has 4 rings (SSSR count). The lowest BCUT2D eigenvalue weighted by molar-refractivity contribution is -0.137. The molecule has 0 aliphatic rings. The van der Waals surface area contributed by atoms with E-state index in [4.69, 9.17) is 13.6 Å². The van der Waals surface area contributed by atoms with Crippen molar-refractivity contribution in [3.63, 3.8) is 0 Å². The lowest BCUT2D eigenvalue weighted by atomic mass is 10.1. The summed E-state index contributed by atoms with van der Waals surface area (Å²) >= 11 is 6.92. The maximum absolute atomic E-state index is 12.1. The minimum Gasteiger partial charge on any atom is -0.463 e. The fourth-order valence-electron chi connectivity index (χ4n) is 2.86. The molecule has 0 N–H and O–H groups in total. The van der Waals surface area contributed by atoms with Crippen LogP contribution in [0.15, 0.2) is 72.4 Å². The zero-order chi connectivity index (χ0) is 19.0. The van der Waals surface area contributed by atoms with Crippen LogP contribution in [0.5, 0.6) is 0 Å². The Morgan fingerprint density at radius 1 is 0.926 bits per heavy atom. The van der Waals surface area contributed by atoms with Crippen LogP contribution in [0.4, 0.5) is 0 Å². The van der Waals surface area contributed by atoms with Crippen molar-refractivity contribution in [1.82, 2.24) is 0 Å². The second-order valence-corrected chi connectivity index (χ2v) is 7.73. The number of fused-ring (bicyclic) bond motifs is 2. The molecule has 2 aromatic heterocycles. The molecule has 0 radical (unpaired) electrons. The van der Waals surface area contributed by atoms with Gasteiger partial charge in [-0.25, -0.2) is 4.79 Å². The number of carbonyl (C=O) groups excluding carboxylic acids is 1. The molecule has 6 heteroatoms. The number of ether oxygens (including phenoxy) is 1. The van der Waals surface area contributed by atoms with E-state index in [0.717, 1.165) is 30.9 Å². The van der Waals surface area contributed by atoms with E-state index in [1.54, 1.807) is 6.92 Å². The standard InChI is InChI=1S/C21H14Br2O4/c1-2-25-21(24)11-16(19-9-12-7-14(22)3-5-17(12)26-19)20-10-13-8-15(23)4-6-18(13)27-20/h3-11H,2H2,1H3. The molecular weight excluding hydrogens is 476 g/mol. The van der Waals surface area contributed by atoms with Crippen LogP contribution < -0.4 is 0 Å². The zero-order valence-corrected chi connectivity index (χ0v) is 17.5. The van der Waals surface area contributed by atoms with Crippen molar-refractivity contribution in [2.24, 2.45) is 0 Å². The van der Waals surface area contributed by atoms with Crippen molar-refractivity contribution < 1.29 is 18.4 Å². The molecule has 0 aliphatic heterocycles. The Hall–Kier alpha value is -2.31. The summed E-state index contributed by atoms with van der Waals surface area (Å²) in [4.78, 5) is 12.1. The number of esters is 1. The van der Waals surface area contributed by atoms with Crippen molar-refractivity contribution in [2.45, 2.75) is 6.92 Å². The van der Waals surface area contributed by atoms with Gasteiger partial charge < -0.3 is 13.6 Å². The van der Waals surface area contributed by atoms with Gasteiger partial charge in [-0.2, -0.15) is 0 Å². The molecule has 0 saturated carbocycles. The first kappa shape index (κ1) is 18.1. The average molecular weight is 490 g/mol. The Bertz CT molecular complexity index is 1100. The number of benzene rings is 2. The Labute approximate surface area is 172 Å². The molecule has 2 aromatic carbocycles. The minimum absolute atomic E-state index is 0.294. The van der Waals surface area contributed by atoms with Gasteiger partial charge in [-0.1, -0.05) is 31.9 Å². The smallest absolute Gasteiger partial charge is 0.331 e. The first-order valence-corrected chi connectivity index (χ1v) is 9.89. The molecule has 0 amide bonds. The van der Waals surface area contributed by atoms with E-state index in [9.17, 15) is 4.79 Å². The first-order chi connectivity index (χ1) is 13.0. The zero-order valence-electron chi connectivity index (χ0n) is 14.3. The van der Waals surface area contributed by atoms with Crippen LogP contribution >= 0.6 is 31.9 Å². The Balaban J connectivity index is 1.88. The van der Waals surface area contributed by atoms with Gasteiger partial charge in [0.1, 0.15) is 22.7 Å². The molecule has 4 nitrogen and oxygen atoms in total. The van der Waals surface area contributed by atoms with E-state index < -0.39 is 5.97 Å². The SMILES string of the molecule is CCOC(=O)C=C(c1cc2cc(Br)ccc2o1)c1cc2cc(Br)ccc2o1. The van der Waals surface area contributed by atoms with Crippen LogP contribution in [0.25, 0.3) is 27.5 Å². The summed E-state index contributed by atoms with van der Waals surface area (Å²) in [6.45, 7) is 2.06. The molecule has 0 bridgehead atoms. The van der Waals surface area contributed by atoms with Crippen molar-refractivity contribution in [3.05, 3.63) is 75.1 Å². The van der Waals surface area contributed by atoms with Crippen LogP contribution in [0.2, 0.25) is 0 Å². The second-order valence-electron chi connectivity index (χ2n) is 5.90. The minimum atomic E-state index is -0.448.